The number of halogens is 1. The number of benzene rings is 3. The third kappa shape index (κ3) is 5.49. The Balaban J connectivity index is 1.87. The van der Waals surface area contributed by atoms with Crippen molar-refractivity contribution >= 4 is 21.6 Å². The van der Waals surface area contributed by atoms with Gasteiger partial charge in [-0.3, -0.25) is 9.10 Å². The number of hydrogen-bond donors (Lipinski definition) is 1. The Hall–Kier alpha value is -3.19. The monoisotopic (exact) mass is 440 g/mol. The summed E-state index contributed by atoms with van der Waals surface area (Å²) in [5.41, 5.74) is 3.34. The Morgan fingerprint density at radius 3 is 1.97 bits per heavy atom. The Kier molecular flexibility index (Phi) is 6.75. The molecule has 5 nitrogen and oxygen atoms in total. The molecule has 0 radical (unpaired) electrons. The highest BCUT2D eigenvalue weighted by Crippen LogP contribution is 2.24. The normalized spacial score (nSPS) is 12.3. The fraction of sp³-hybridized carbons (Fsp3) is 0.208. The molecule has 162 valence electrons. The largest absolute Gasteiger partial charge is 0.348 e. The predicted molar refractivity (Wildman–Crippen MR) is 120 cm³/mol. The number of amides is 1. The van der Waals surface area contributed by atoms with Crippen molar-refractivity contribution in [1.82, 2.24) is 5.32 Å². The van der Waals surface area contributed by atoms with E-state index >= 15 is 0 Å². The third-order valence-corrected chi connectivity index (χ3v) is 6.75. The van der Waals surface area contributed by atoms with Crippen LogP contribution in [-0.2, 0) is 14.8 Å². The van der Waals surface area contributed by atoms with Crippen LogP contribution in [0.1, 0.15) is 29.7 Å². The van der Waals surface area contributed by atoms with Crippen LogP contribution in [0.2, 0.25) is 0 Å². The van der Waals surface area contributed by atoms with Crippen LogP contribution in [0.5, 0.6) is 0 Å². The van der Waals surface area contributed by atoms with Crippen molar-refractivity contribution in [2.45, 2.75) is 31.7 Å². The standard InChI is InChI=1S/C24H25FN2O3S/c1-17-4-8-20(9-5-17)19(3)26-24(28)16-27(22-12-6-18(2)7-13-22)31(29,30)23-14-10-21(25)11-15-23/h4-15,19H,16H2,1-3H3,(H,26,28)/t19-/m0/s1. The Labute approximate surface area is 182 Å². The van der Waals surface area contributed by atoms with Gasteiger partial charge >= 0.3 is 0 Å². The lowest BCUT2D eigenvalue weighted by Gasteiger charge is -2.25. The quantitative estimate of drug-likeness (QED) is 0.588. The number of carbonyl (C=O) groups excluding carboxylic acids is 1. The molecule has 0 unspecified atom stereocenters. The molecule has 3 aromatic rings. The molecular weight excluding hydrogens is 415 g/mol. The van der Waals surface area contributed by atoms with Gasteiger partial charge in [-0.25, -0.2) is 12.8 Å². The molecule has 0 heterocycles. The van der Waals surface area contributed by atoms with Crippen molar-refractivity contribution in [2.24, 2.45) is 0 Å². The van der Waals surface area contributed by atoms with Gasteiger partial charge in [-0.2, -0.15) is 0 Å². The van der Waals surface area contributed by atoms with Gasteiger partial charge in [0.15, 0.2) is 0 Å². The van der Waals surface area contributed by atoms with E-state index in [0.29, 0.717) is 5.69 Å². The highest BCUT2D eigenvalue weighted by Gasteiger charge is 2.27. The lowest BCUT2D eigenvalue weighted by molar-refractivity contribution is -0.120. The first-order valence-corrected chi connectivity index (χ1v) is 11.3. The molecule has 0 saturated heterocycles. The number of sulfonamides is 1. The summed E-state index contributed by atoms with van der Waals surface area (Å²) in [6.45, 7) is 5.30. The smallest absolute Gasteiger partial charge is 0.264 e. The molecular formula is C24H25FN2O3S. The maximum atomic E-state index is 13.3. The fourth-order valence-electron chi connectivity index (χ4n) is 3.12. The van der Waals surface area contributed by atoms with Gasteiger partial charge in [-0.05, 0) is 62.7 Å². The van der Waals surface area contributed by atoms with E-state index in [4.69, 9.17) is 0 Å². The van der Waals surface area contributed by atoms with E-state index in [-0.39, 0.29) is 10.9 Å². The van der Waals surface area contributed by atoms with Crippen LogP contribution in [-0.4, -0.2) is 20.9 Å². The summed E-state index contributed by atoms with van der Waals surface area (Å²) in [6, 6.07) is 18.9. The maximum absolute atomic E-state index is 13.3. The van der Waals surface area contributed by atoms with Crippen LogP contribution >= 0.6 is 0 Å². The molecule has 7 heteroatoms. The van der Waals surface area contributed by atoms with Gasteiger partial charge < -0.3 is 5.32 Å². The molecule has 3 rings (SSSR count). The van der Waals surface area contributed by atoms with E-state index in [0.717, 1.165) is 33.1 Å². The molecule has 0 fully saturated rings. The first kappa shape index (κ1) is 22.5. The molecule has 0 aliphatic heterocycles. The first-order valence-electron chi connectivity index (χ1n) is 9.88. The molecule has 0 bridgehead atoms. The highest BCUT2D eigenvalue weighted by atomic mass is 32.2. The van der Waals surface area contributed by atoms with Gasteiger partial charge in [0.05, 0.1) is 16.6 Å². The van der Waals surface area contributed by atoms with Crippen molar-refractivity contribution in [3.63, 3.8) is 0 Å². The number of carbonyl (C=O) groups is 1. The summed E-state index contributed by atoms with van der Waals surface area (Å²) in [6.07, 6.45) is 0. The SMILES string of the molecule is Cc1ccc([C@H](C)NC(=O)CN(c2ccc(C)cc2)S(=O)(=O)c2ccc(F)cc2)cc1. The van der Waals surface area contributed by atoms with E-state index in [2.05, 4.69) is 5.32 Å². The zero-order valence-corrected chi connectivity index (χ0v) is 18.5. The summed E-state index contributed by atoms with van der Waals surface area (Å²) < 4.78 is 40.9. The average Bonchev–Trinajstić information content (AvgIpc) is 2.73. The average molecular weight is 441 g/mol. The van der Waals surface area contributed by atoms with Gasteiger partial charge in [-0.1, -0.05) is 47.5 Å². The fourth-order valence-corrected chi connectivity index (χ4v) is 4.54. The molecule has 1 amide bonds. The van der Waals surface area contributed by atoms with E-state index in [1.54, 1.807) is 24.3 Å². The first-order chi connectivity index (χ1) is 14.7. The minimum atomic E-state index is -4.08. The Morgan fingerprint density at radius 1 is 0.903 bits per heavy atom. The Morgan fingerprint density at radius 2 is 1.42 bits per heavy atom. The van der Waals surface area contributed by atoms with Gasteiger partial charge in [-0.15, -0.1) is 0 Å². The third-order valence-electron chi connectivity index (χ3n) is 4.97. The van der Waals surface area contributed by atoms with Crippen LogP contribution in [0.25, 0.3) is 0 Å². The van der Waals surface area contributed by atoms with Crippen molar-refractivity contribution in [1.29, 1.82) is 0 Å². The lowest BCUT2D eigenvalue weighted by Crippen LogP contribution is -2.41. The molecule has 31 heavy (non-hydrogen) atoms. The highest BCUT2D eigenvalue weighted by molar-refractivity contribution is 7.92. The number of rotatable bonds is 7. The van der Waals surface area contributed by atoms with Crippen molar-refractivity contribution in [3.8, 4) is 0 Å². The van der Waals surface area contributed by atoms with Gasteiger partial charge in [0.2, 0.25) is 5.91 Å². The van der Waals surface area contributed by atoms with Crippen LogP contribution in [0.3, 0.4) is 0 Å². The van der Waals surface area contributed by atoms with Gasteiger partial charge in [0.1, 0.15) is 12.4 Å². The number of nitrogens with one attached hydrogen (secondary N) is 1. The topological polar surface area (TPSA) is 66.5 Å². The number of hydrogen-bond acceptors (Lipinski definition) is 3. The van der Waals surface area contributed by atoms with E-state index in [1.807, 2.05) is 45.0 Å². The van der Waals surface area contributed by atoms with Crippen molar-refractivity contribution < 1.29 is 17.6 Å². The lowest BCUT2D eigenvalue weighted by atomic mass is 10.1. The maximum Gasteiger partial charge on any atom is 0.264 e. The minimum absolute atomic E-state index is 0.0890. The van der Waals surface area contributed by atoms with Crippen LogP contribution in [0, 0.1) is 19.7 Å². The molecule has 0 aliphatic carbocycles. The number of aryl methyl sites for hydroxylation is 2. The summed E-state index contributed by atoms with van der Waals surface area (Å²) in [5.74, 6) is -0.982. The molecule has 0 spiro atoms. The van der Waals surface area contributed by atoms with E-state index < -0.39 is 28.3 Å². The zero-order chi connectivity index (χ0) is 22.6. The van der Waals surface area contributed by atoms with Crippen LogP contribution < -0.4 is 9.62 Å². The van der Waals surface area contributed by atoms with Crippen molar-refractivity contribution in [2.75, 3.05) is 10.8 Å². The summed E-state index contributed by atoms with van der Waals surface area (Å²) in [7, 11) is -4.08. The molecule has 0 saturated carbocycles. The van der Waals surface area contributed by atoms with Gasteiger partial charge in [0.25, 0.3) is 10.0 Å². The van der Waals surface area contributed by atoms with E-state index in [9.17, 15) is 17.6 Å². The van der Waals surface area contributed by atoms with Crippen LogP contribution in [0.4, 0.5) is 10.1 Å². The minimum Gasteiger partial charge on any atom is -0.348 e. The molecule has 0 aliphatic rings. The zero-order valence-electron chi connectivity index (χ0n) is 17.7. The summed E-state index contributed by atoms with van der Waals surface area (Å²) in [4.78, 5) is 12.7. The van der Waals surface area contributed by atoms with Gasteiger partial charge in [0, 0.05) is 0 Å². The number of nitrogens with zero attached hydrogens (tertiary/aromatic N) is 1. The second kappa shape index (κ2) is 9.31. The molecule has 1 N–H and O–H groups in total. The predicted octanol–water partition coefficient (Wildman–Crippen LogP) is 4.52. The molecule has 0 aromatic heterocycles. The second-order valence-electron chi connectivity index (χ2n) is 7.50. The second-order valence-corrected chi connectivity index (χ2v) is 9.36. The van der Waals surface area contributed by atoms with Crippen LogP contribution in [0.15, 0.2) is 77.7 Å². The Bertz CT molecular complexity index is 1140. The molecule has 1 atom stereocenters. The summed E-state index contributed by atoms with van der Waals surface area (Å²) in [5, 5.41) is 2.85. The summed E-state index contributed by atoms with van der Waals surface area (Å²) >= 11 is 0. The number of anilines is 1. The van der Waals surface area contributed by atoms with Crippen molar-refractivity contribution in [3.05, 3.63) is 95.3 Å². The molecule has 3 aromatic carbocycles. The van der Waals surface area contributed by atoms with E-state index in [1.165, 1.54) is 12.1 Å².